The van der Waals surface area contributed by atoms with Gasteiger partial charge >= 0.3 is 0 Å². The molecule has 1 aromatic rings. The van der Waals surface area contributed by atoms with Crippen LogP contribution in [0.1, 0.15) is 37.8 Å². The second-order valence-corrected chi connectivity index (χ2v) is 4.82. The number of aliphatic hydroxyl groups excluding tert-OH is 1. The number of nitrogens with one attached hydrogen (secondary N) is 1. The number of phenols is 1. The van der Waals surface area contributed by atoms with Crippen LogP contribution in [0.25, 0.3) is 0 Å². The van der Waals surface area contributed by atoms with E-state index in [0.717, 1.165) is 24.0 Å². The van der Waals surface area contributed by atoms with Crippen molar-refractivity contribution in [1.82, 2.24) is 5.32 Å². The number of aliphatic hydroxyl groups is 1. The first-order valence-electron chi connectivity index (χ1n) is 6.16. The van der Waals surface area contributed by atoms with Crippen molar-refractivity contribution in [3.8, 4) is 5.75 Å². The Labute approximate surface area is 103 Å². The summed E-state index contributed by atoms with van der Waals surface area (Å²) in [6.45, 7) is 6.88. The normalized spacial score (nSPS) is 14.6. The predicted molar refractivity (Wildman–Crippen MR) is 70.1 cm³/mol. The van der Waals surface area contributed by atoms with Gasteiger partial charge in [-0.3, -0.25) is 0 Å². The van der Waals surface area contributed by atoms with Gasteiger partial charge < -0.3 is 15.5 Å². The summed E-state index contributed by atoms with van der Waals surface area (Å²) in [5.74, 6) is 0.363. The van der Waals surface area contributed by atoms with Crippen molar-refractivity contribution in [2.45, 2.75) is 45.7 Å². The van der Waals surface area contributed by atoms with Gasteiger partial charge in [-0.1, -0.05) is 25.1 Å². The summed E-state index contributed by atoms with van der Waals surface area (Å²) in [5, 5.41) is 22.4. The third-order valence-corrected chi connectivity index (χ3v) is 3.47. The molecule has 1 atom stereocenters. The summed E-state index contributed by atoms with van der Waals surface area (Å²) in [5.41, 5.74) is 1.72. The number of benzene rings is 1. The minimum absolute atomic E-state index is 0.0784. The van der Waals surface area contributed by atoms with Crippen molar-refractivity contribution >= 4 is 0 Å². The summed E-state index contributed by atoms with van der Waals surface area (Å²) in [7, 11) is 0. The van der Waals surface area contributed by atoms with E-state index in [1.54, 1.807) is 0 Å². The van der Waals surface area contributed by atoms with Gasteiger partial charge in [0.15, 0.2) is 0 Å². The molecule has 0 fully saturated rings. The van der Waals surface area contributed by atoms with Crippen LogP contribution in [0.3, 0.4) is 0 Å². The number of hydrogen-bond acceptors (Lipinski definition) is 3. The second-order valence-electron chi connectivity index (χ2n) is 4.82. The highest BCUT2D eigenvalue weighted by molar-refractivity contribution is 5.39. The van der Waals surface area contributed by atoms with Gasteiger partial charge in [-0.05, 0) is 32.3 Å². The van der Waals surface area contributed by atoms with Crippen molar-refractivity contribution in [2.75, 3.05) is 6.61 Å². The average Bonchev–Trinajstić information content (AvgIpc) is 2.31. The molecule has 0 bridgehead atoms. The largest absolute Gasteiger partial charge is 0.507 e. The number of para-hydroxylation sites is 1. The van der Waals surface area contributed by atoms with Crippen LogP contribution >= 0.6 is 0 Å². The number of rotatable bonds is 6. The van der Waals surface area contributed by atoms with Crippen LogP contribution in [0.4, 0.5) is 0 Å². The number of aromatic hydroxyl groups is 1. The molecule has 3 nitrogen and oxygen atoms in total. The lowest BCUT2D eigenvalue weighted by Gasteiger charge is -2.29. The molecule has 17 heavy (non-hydrogen) atoms. The topological polar surface area (TPSA) is 52.5 Å². The highest BCUT2D eigenvalue weighted by Gasteiger charge is 2.20. The Morgan fingerprint density at radius 1 is 1.35 bits per heavy atom. The Hall–Kier alpha value is -1.06. The lowest BCUT2D eigenvalue weighted by atomic mass is 9.94. The number of hydrogen-bond donors (Lipinski definition) is 3. The molecule has 1 rings (SSSR count). The Balaban J connectivity index is 2.69. The van der Waals surface area contributed by atoms with Crippen LogP contribution < -0.4 is 5.32 Å². The molecule has 1 aromatic carbocycles. The Morgan fingerprint density at radius 3 is 2.65 bits per heavy atom. The Kier molecular flexibility index (Phi) is 4.97. The molecule has 0 saturated heterocycles. The molecule has 0 aliphatic heterocycles. The quantitative estimate of drug-likeness (QED) is 0.712. The third kappa shape index (κ3) is 3.72. The SMILES string of the molecule is CCC(C)(CCO)NCc1cccc(C)c1O. The molecular formula is C14H23NO2. The van der Waals surface area contributed by atoms with Gasteiger partial charge in [-0.2, -0.15) is 0 Å². The smallest absolute Gasteiger partial charge is 0.122 e. The van der Waals surface area contributed by atoms with E-state index in [4.69, 9.17) is 5.11 Å². The molecule has 3 N–H and O–H groups in total. The lowest BCUT2D eigenvalue weighted by Crippen LogP contribution is -2.42. The van der Waals surface area contributed by atoms with E-state index < -0.39 is 0 Å². The summed E-state index contributed by atoms with van der Waals surface area (Å²) in [6.07, 6.45) is 1.66. The van der Waals surface area contributed by atoms with Gasteiger partial charge in [0, 0.05) is 24.3 Å². The second kappa shape index (κ2) is 6.03. The van der Waals surface area contributed by atoms with E-state index >= 15 is 0 Å². The van der Waals surface area contributed by atoms with E-state index in [2.05, 4.69) is 19.2 Å². The van der Waals surface area contributed by atoms with Crippen LogP contribution in [0.2, 0.25) is 0 Å². The molecular weight excluding hydrogens is 214 g/mol. The minimum atomic E-state index is -0.0784. The molecule has 0 heterocycles. The van der Waals surface area contributed by atoms with Crippen LogP contribution in [0.15, 0.2) is 18.2 Å². The van der Waals surface area contributed by atoms with Crippen LogP contribution in [0.5, 0.6) is 5.75 Å². The highest BCUT2D eigenvalue weighted by atomic mass is 16.3. The van der Waals surface area contributed by atoms with Crippen molar-refractivity contribution < 1.29 is 10.2 Å². The third-order valence-electron chi connectivity index (χ3n) is 3.47. The molecule has 1 unspecified atom stereocenters. The molecule has 0 aromatic heterocycles. The Morgan fingerprint density at radius 2 is 2.06 bits per heavy atom. The zero-order chi connectivity index (χ0) is 12.9. The van der Waals surface area contributed by atoms with Crippen molar-refractivity contribution in [2.24, 2.45) is 0 Å². The fraction of sp³-hybridized carbons (Fsp3) is 0.571. The maximum atomic E-state index is 9.91. The minimum Gasteiger partial charge on any atom is -0.507 e. The van der Waals surface area contributed by atoms with E-state index in [1.165, 1.54) is 0 Å². The molecule has 0 spiro atoms. The summed E-state index contributed by atoms with van der Waals surface area (Å²) >= 11 is 0. The summed E-state index contributed by atoms with van der Waals surface area (Å²) < 4.78 is 0. The van der Waals surface area contributed by atoms with Gasteiger partial charge in [0.1, 0.15) is 5.75 Å². The van der Waals surface area contributed by atoms with Gasteiger partial charge in [-0.25, -0.2) is 0 Å². The van der Waals surface area contributed by atoms with E-state index in [-0.39, 0.29) is 12.1 Å². The highest BCUT2D eigenvalue weighted by Crippen LogP contribution is 2.23. The van der Waals surface area contributed by atoms with Gasteiger partial charge in [0.2, 0.25) is 0 Å². The van der Waals surface area contributed by atoms with E-state index in [0.29, 0.717) is 12.3 Å². The fourth-order valence-electron chi connectivity index (χ4n) is 1.81. The van der Waals surface area contributed by atoms with Gasteiger partial charge in [0.25, 0.3) is 0 Å². The van der Waals surface area contributed by atoms with Crippen molar-refractivity contribution in [3.63, 3.8) is 0 Å². The first-order chi connectivity index (χ1) is 8.02. The first kappa shape index (κ1) is 14.0. The zero-order valence-corrected chi connectivity index (χ0v) is 11.0. The summed E-state index contributed by atoms with van der Waals surface area (Å²) in [6, 6.07) is 5.76. The maximum Gasteiger partial charge on any atom is 0.122 e. The maximum absolute atomic E-state index is 9.91. The van der Waals surface area contributed by atoms with E-state index in [1.807, 2.05) is 25.1 Å². The summed E-state index contributed by atoms with van der Waals surface area (Å²) in [4.78, 5) is 0. The van der Waals surface area contributed by atoms with Gasteiger partial charge in [0.05, 0.1) is 0 Å². The predicted octanol–water partition coefficient (Wildman–Crippen LogP) is 2.34. The molecule has 0 aliphatic carbocycles. The molecule has 0 amide bonds. The molecule has 0 radical (unpaired) electrons. The van der Waals surface area contributed by atoms with E-state index in [9.17, 15) is 5.11 Å². The van der Waals surface area contributed by atoms with Crippen molar-refractivity contribution in [3.05, 3.63) is 29.3 Å². The average molecular weight is 237 g/mol. The standard InChI is InChI=1S/C14H23NO2/c1-4-14(3,8-9-16)15-10-12-7-5-6-11(2)13(12)17/h5-7,15-17H,4,8-10H2,1-3H3. The molecule has 0 aliphatic rings. The zero-order valence-electron chi connectivity index (χ0n) is 11.0. The van der Waals surface area contributed by atoms with Crippen LogP contribution in [0, 0.1) is 6.92 Å². The lowest BCUT2D eigenvalue weighted by molar-refractivity contribution is 0.214. The first-order valence-corrected chi connectivity index (χ1v) is 6.16. The molecule has 96 valence electrons. The number of aryl methyl sites for hydroxylation is 1. The molecule has 0 saturated carbocycles. The van der Waals surface area contributed by atoms with Crippen LogP contribution in [-0.2, 0) is 6.54 Å². The molecule has 3 heteroatoms. The van der Waals surface area contributed by atoms with Crippen LogP contribution in [-0.4, -0.2) is 22.4 Å². The number of phenolic OH excluding ortho intramolecular Hbond substituents is 1. The monoisotopic (exact) mass is 237 g/mol. The van der Waals surface area contributed by atoms with Gasteiger partial charge in [-0.15, -0.1) is 0 Å². The fourth-order valence-corrected chi connectivity index (χ4v) is 1.81. The van der Waals surface area contributed by atoms with Crippen molar-refractivity contribution in [1.29, 1.82) is 0 Å². The Bertz CT molecular complexity index is 365.